The molecule has 0 spiro atoms. The van der Waals surface area contributed by atoms with Crippen LogP contribution in [0.1, 0.15) is 28.1 Å². The van der Waals surface area contributed by atoms with Gasteiger partial charge in [0.05, 0.1) is 5.56 Å². The van der Waals surface area contributed by atoms with Crippen LogP contribution < -0.4 is 5.32 Å². The molecule has 6 heteroatoms. The summed E-state index contributed by atoms with van der Waals surface area (Å²) in [4.78, 5) is 16.4. The Morgan fingerprint density at radius 1 is 1.32 bits per heavy atom. The van der Waals surface area contributed by atoms with E-state index >= 15 is 0 Å². The molecule has 1 aliphatic heterocycles. The minimum Gasteiger partial charge on any atom is -0.368 e. The van der Waals surface area contributed by atoms with Crippen LogP contribution in [-0.4, -0.2) is 25.6 Å². The molecule has 1 aliphatic rings. The van der Waals surface area contributed by atoms with Gasteiger partial charge in [-0.2, -0.15) is 5.10 Å². The van der Waals surface area contributed by atoms with Crippen molar-refractivity contribution in [3.63, 3.8) is 0 Å². The highest BCUT2D eigenvalue weighted by atomic mass is 16.3. The molecule has 1 atom stereocenters. The molecule has 0 bridgehead atoms. The van der Waals surface area contributed by atoms with Gasteiger partial charge in [-0.15, -0.1) is 0 Å². The largest absolute Gasteiger partial charge is 0.368 e. The van der Waals surface area contributed by atoms with Crippen molar-refractivity contribution in [3.05, 3.63) is 41.3 Å². The van der Waals surface area contributed by atoms with E-state index in [2.05, 4.69) is 15.4 Å². The van der Waals surface area contributed by atoms with E-state index in [1.807, 2.05) is 24.3 Å². The number of aliphatic hydroxyl groups excluding tert-OH is 1. The topological polar surface area (TPSA) is 79.5 Å². The number of hydrogen-bond acceptors (Lipinski definition) is 4. The van der Waals surface area contributed by atoms with Gasteiger partial charge in [0.1, 0.15) is 11.5 Å². The lowest BCUT2D eigenvalue weighted by Gasteiger charge is -2.07. The molecular weight excluding hydrogens is 244 g/mol. The average molecular weight is 254 g/mol. The van der Waals surface area contributed by atoms with Crippen molar-refractivity contribution in [2.24, 2.45) is 0 Å². The molecule has 3 aromatic rings. The molecule has 2 N–H and O–H groups in total. The molecule has 0 radical (unpaired) electrons. The molecule has 1 amide bonds. The Balaban J connectivity index is 2.34. The van der Waals surface area contributed by atoms with Gasteiger partial charge in [0.15, 0.2) is 11.9 Å². The number of hydrogen-bond donors (Lipinski definition) is 2. The van der Waals surface area contributed by atoms with Gasteiger partial charge in [0.2, 0.25) is 0 Å². The van der Waals surface area contributed by atoms with Crippen LogP contribution in [0.15, 0.2) is 24.3 Å². The zero-order valence-corrected chi connectivity index (χ0v) is 10.1. The summed E-state index contributed by atoms with van der Waals surface area (Å²) in [5.74, 6) is 0.318. The van der Waals surface area contributed by atoms with Gasteiger partial charge >= 0.3 is 0 Å². The van der Waals surface area contributed by atoms with E-state index in [4.69, 9.17) is 0 Å². The fourth-order valence-electron chi connectivity index (χ4n) is 2.65. The van der Waals surface area contributed by atoms with E-state index in [0.29, 0.717) is 22.7 Å². The zero-order valence-electron chi connectivity index (χ0n) is 10.1. The van der Waals surface area contributed by atoms with Gasteiger partial charge < -0.3 is 10.4 Å². The first kappa shape index (κ1) is 10.5. The normalized spacial score (nSPS) is 18.0. The quantitative estimate of drug-likeness (QED) is 0.625. The molecule has 0 fully saturated rings. The first-order chi connectivity index (χ1) is 9.16. The van der Waals surface area contributed by atoms with Crippen LogP contribution in [0.25, 0.3) is 16.4 Å². The fraction of sp³-hybridized carbons (Fsp3) is 0.154. The second-order valence-electron chi connectivity index (χ2n) is 4.58. The number of rotatable bonds is 0. The fourth-order valence-corrected chi connectivity index (χ4v) is 2.65. The van der Waals surface area contributed by atoms with Crippen LogP contribution in [0, 0.1) is 6.92 Å². The molecule has 0 saturated carbocycles. The van der Waals surface area contributed by atoms with Gasteiger partial charge in [-0.1, -0.05) is 24.3 Å². The van der Waals surface area contributed by atoms with Crippen molar-refractivity contribution in [3.8, 4) is 0 Å². The number of carbonyl (C=O) groups is 1. The number of fused-ring (bicyclic) bond motifs is 6. The molecule has 3 heterocycles. The number of benzene rings is 1. The first-order valence-electron chi connectivity index (χ1n) is 5.94. The number of carbonyl (C=O) groups excluding carboxylic acids is 1. The van der Waals surface area contributed by atoms with Crippen LogP contribution in [0.2, 0.25) is 0 Å². The molecule has 0 aliphatic carbocycles. The van der Waals surface area contributed by atoms with Crippen molar-refractivity contribution in [1.82, 2.24) is 19.9 Å². The molecule has 1 aromatic carbocycles. The number of nitrogens with one attached hydrogen (secondary N) is 1. The highest BCUT2D eigenvalue weighted by Crippen LogP contribution is 2.32. The smallest absolute Gasteiger partial charge is 0.256 e. The Kier molecular flexibility index (Phi) is 1.81. The maximum absolute atomic E-state index is 12.0. The lowest BCUT2D eigenvalue weighted by molar-refractivity contribution is 0.0845. The Hall–Kier alpha value is -2.47. The third kappa shape index (κ3) is 1.21. The van der Waals surface area contributed by atoms with Gasteiger partial charge in [-0.3, -0.25) is 4.79 Å². The summed E-state index contributed by atoms with van der Waals surface area (Å²) in [6, 6.07) is 7.51. The number of amides is 1. The highest BCUT2D eigenvalue weighted by molar-refractivity contribution is 6.13. The Morgan fingerprint density at radius 3 is 2.84 bits per heavy atom. The van der Waals surface area contributed by atoms with E-state index < -0.39 is 6.23 Å². The highest BCUT2D eigenvalue weighted by Gasteiger charge is 2.33. The van der Waals surface area contributed by atoms with Crippen molar-refractivity contribution >= 4 is 22.3 Å². The molecule has 0 saturated heterocycles. The third-order valence-electron chi connectivity index (χ3n) is 3.39. The standard InChI is InChI=1S/C13H10N4O2/c1-6-14-11-8-5-3-2-4-7(8)9-10(17(11)16-6)13(19)15-12(9)18/h2-5,13,19H,1H3,(H,15,18). The Bertz CT molecular complexity index is 853. The minimum atomic E-state index is -1.05. The average Bonchev–Trinajstić information content (AvgIpc) is 2.90. The molecule has 1 unspecified atom stereocenters. The number of aliphatic hydroxyl groups is 1. The second kappa shape index (κ2) is 3.30. The van der Waals surface area contributed by atoms with Crippen molar-refractivity contribution < 1.29 is 9.90 Å². The van der Waals surface area contributed by atoms with Crippen LogP contribution in [0.5, 0.6) is 0 Å². The molecular formula is C13H10N4O2. The summed E-state index contributed by atoms with van der Waals surface area (Å²) in [6.45, 7) is 1.78. The first-order valence-corrected chi connectivity index (χ1v) is 5.94. The van der Waals surface area contributed by atoms with Crippen molar-refractivity contribution in [2.45, 2.75) is 13.2 Å². The van der Waals surface area contributed by atoms with Gasteiger partial charge in [-0.05, 0) is 6.92 Å². The van der Waals surface area contributed by atoms with Crippen molar-refractivity contribution in [2.75, 3.05) is 0 Å². The lowest BCUT2D eigenvalue weighted by atomic mass is 10.0. The van der Waals surface area contributed by atoms with E-state index in [1.165, 1.54) is 0 Å². The summed E-state index contributed by atoms with van der Waals surface area (Å²) >= 11 is 0. The summed E-state index contributed by atoms with van der Waals surface area (Å²) in [5, 5.41) is 18.4. The number of aromatic nitrogens is 3. The van der Waals surface area contributed by atoms with E-state index in [0.717, 1.165) is 10.8 Å². The summed E-state index contributed by atoms with van der Waals surface area (Å²) < 4.78 is 1.55. The molecule has 4 rings (SSSR count). The van der Waals surface area contributed by atoms with Crippen LogP contribution in [0.4, 0.5) is 0 Å². The van der Waals surface area contributed by atoms with E-state index in [-0.39, 0.29) is 5.91 Å². The Labute approximate surface area is 107 Å². The molecule has 19 heavy (non-hydrogen) atoms. The van der Waals surface area contributed by atoms with Gasteiger partial charge in [-0.25, -0.2) is 9.50 Å². The maximum atomic E-state index is 12.0. The summed E-state index contributed by atoms with van der Waals surface area (Å²) in [5.41, 5.74) is 1.59. The maximum Gasteiger partial charge on any atom is 0.256 e. The van der Waals surface area contributed by atoms with Crippen molar-refractivity contribution in [1.29, 1.82) is 0 Å². The predicted molar refractivity (Wildman–Crippen MR) is 67.7 cm³/mol. The van der Waals surface area contributed by atoms with Crippen LogP contribution in [0.3, 0.4) is 0 Å². The predicted octanol–water partition coefficient (Wildman–Crippen LogP) is 0.925. The summed E-state index contributed by atoms with van der Waals surface area (Å²) in [6.07, 6.45) is -1.05. The van der Waals surface area contributed by atoms with Crippen LogP contribution in [-0.2, 0) is 0 Å². The van der Waals surface area contributed by atoms with Crippen LogP contribution >= 0.6 is 0 Å². The molecule has 94 valence electrons. The monoisotopic (exact) mass is 254 g/mol. The summed E-state index contributed by atoms with van der Waals surface area (Å²) in [7, 11) is 0. The second-order valence-corrected chi connectivity index (χ2v) is 4.58. The van der Waals surface area contributed by atoms with Gasteiger partial charge in [0, 0.05) is 10.8 Å². The SMILES string of the molecule is Cc1nc2c3ccccc3c3c(n2n1)C(O)NC3=O. The lowest BCUT2D eigenvalue weighted by Crippen LogP contribution is -2.18. The van der Waals surface area contributed by atoms with Gasteiger partial charge in [0.25, 0.3) is 5.91 Å². The van der Waals surface area contributed by atoms with E-state index in [9.17, 15) is 9.90 Å². The third-order valence-corrected chi connectivity index (χ3v) is 3.39. The minimum absolute atomic E-state index is 0.284. The number of pyridine rings is 1. The molecule has 2 aromatic heterocycles. The zero-order chi connectivity index (χ0) is 13.1. The number of aryl methyl sites for hydroxylation is 1. The number of nitrogens with zero attached hydrogens (tertiary/aromatic N) is 3. The Morgan fingerprint density at radius 2 is 2.05 bits per heavy atom. The molecule has 6 nitrogen and oxygen atoms in total. The van der Waals surface area contributed by atoms with E-state index in [1.54, 1.807) is 11.4 Å².